The van der Waals surface area contributed by atoms with Gasteiger partial charge in [-0.1, -0.05) is 41.9 Å². The maximum atomic E-state index is 11.9. The SMILES string of the molecule is O=C(O)CCC(=O)NCc1cn(-c2ccccc2)nc1-c1ccc(Cl)cc1. The fourth-order valence-corrected chi connectivity index (χ4v) is 2.73. The van der Waals surface area contributed by atoms with E-state index in [1.54, 1.807) is 16.8 Å². The second-order valence-electron chi connectivity index (χ2n) is 5.96. The Balaban J connectivity index is 1.86. The maximum Gasteiger partial charge on any atom is 0.303 e. The van der Waals surface area contributed by atoms with Crippen LogP contribution in [0.1, 0.15) is 18.4 Å². The van der Waals surface area contributed by atoms with Crippen molar-refractivity contribution in [3.8, 4) is 16.9 Å². The number of carboxylic acids is 1. The number of nitrogens with zero attached hydrogens (tertiary/aromatic N) is 2. The van der Waals surface area contributed by atoms with E-state index < -0.39 is 5.97 Å². The average Bonchev–Trinajstić information content (AvgIpc) is 3.10. The Hall–Kier alpha value is -3.12. The highest BCUT2D eigenvalue weighted by molar-refractivity contribution is 6.30. The molecule has 0 radical (unpaired) electrons. The number of amides is 1. The lowest BCUT2D eigenvalue weighted by Crippen LogP contribution is -2.23. The summed E-state index contributed by atoms with van der Waals surface area (Å²) in [5.41, 5.74) is 3.33. The molecule has 3 aromatic rings. The normalized spacial score (nSPS) is 10.6. The lowest BCUT2D eigenvalue weighted by molar-refractivity contribution is -0.138. The minimum Gasteiger partial charge on any atom is -0.481 e. The van der Waals surface area contributed by atoms with E-state index in [9.17, 15) is 9.59 Å². The predicted molar refractivity (Wildman–Crippen MR) is 103 cm³/mol. The van der Waals surface area contributed by atoms with Gasteiger partial charge in [-0.2, -0.15) is 5.10 Å². The number of hydrogen-bond acceptors (Lipinski definition) is 3. The lowest BCUT2D eigenvalue weighted by Gasteiger charge is -2.05. The first-order chi connectivity index (χ1) is 13.0. The Morgan fingerprint density at radius 2 is 1.74 bits per heavy atom. The summed E-state index contributed by atoms with van der Waals surface area (Å²) in [5.74, 6) is -1.31. The Bertz CT molecular complexity index is 937. The van der Waals surface area contributed by atoms with E-state index in [2.05, 4.69) is 10.4 Å². The molecule has 0 bridgehead atoms. The molecule has 0 spiro atoms. The molecule has 1 heterocycles. The number of para-hydroxylation sites is 1. The van der Waals surface area contributed by atoms with Crippen LogP contribution in [0.3, 0.4) is 0 Å². The molecule has 27 heavy (non-hydrogen) atoms. The highest BCUT2D eigenvalue weighted by Crippen LogP contribution is 2.25. The third kappa shape index (κ3) is 4.95. The number of benzene rings is 2. The lowest BCUT2D eigenvalue weighted by atomic mass is 10.1. The van der Waals surface area contributed by atoms with E-state index in [4.69, 9.17) is 16.7 Å². The number of nitrogens with one attached hydrogen (secondary N) is 1. The summed E-state index contributed by atoms with van der Waals surface area (Å²) in [5, 5.41) is 16.7. The van der Waals surface area contributed by atoms with Gasteiger partial charge in [-0.25, -0.2) is 4.68 Å². The van der Waals surface area contributed by atoms with Crippen LogP contribution in [0.25, 0.3) is 16.9 Å². The summed E-state index contributed by atoms with van der Waals surface area (Å²) < 4.78 is 1.75. The molecule has 0 aliphatic carbocycles. The second-order valence-corrected chi connectivity index (χ2v) is 6.40. The summed E-state index contributed by atoms with van der Waals surface area (Å²) in [6, 6.07) is 17.0. The van der Waals surface area contributed by atoms with Gasteiger partial charge in [0.15, 0.2) is 0 Å². The Kier molecular flexibility index (Phi) is 5.88. The van der Waals surface area contributed by atoms with Gasteiger partial charge in [-0.05, 0) is 24.3 Å². The van der Waals surface area contributed by atoms with Gasteiger partial charge in [0.1, 0.15) is 0 Å². The fourth-order valence-electron chi connectivity index (χ4n) is 2.61. The average molecular weight is 384 g/mol. The standard InChI is InChI=1S/C20H18ClN3O3/c21-16-8-6-14(7-9-16)20-15(12-22-18(25)10-11-19(26)27)13-24(23-20)17-4-2-1-3-5-17/h1-9,13H,10-12H2,(H,22,25)(H,26,27). The van der Waals surface area contributed by atoms with Crippen molar-refractivity contribution in [2.75, 3.05) is 0 Å². The molecule has 1 aromatic heterocycles. The van der Waals surface area contributed by atoms with Crippen LogP contribution in [0.5, 0.6) is 0 Å². The highest BCUT2D eigenvalue weighted by atomic mass is 35.5. The van der Waals surface area contributed by atoms with Gasteiger partial charge >= 0.3 is 5.97 Å². The molecule has 138 valence electrons. The van der Waals surface area contributed by atoms with Crippen LogP contribution in [0.4, 0.5) is 0 Å². The number of carboxylic acid groups (broad SMARTS) is 1. The van der Waals surface area contributed by atoms with E-state index in [-0.39, 0.29) is 25.3 Å². The molecule has 0 fully saturated rings. The smallest absolute Gasteiger partial charge is 0.303 e. The number of carbonyl (C=O) groups is 2. The Morgan fingerprint density at radius 3 is 2.41 bits per heavy atom. The number of halogens is 1. The molecule has 0 atom stereocenters. The Labute approximate surface area is 161 Å². The maximum absolute atomic E-state index is 11.9. The van der Waals surface area contributed by atoms with E-state index in [1.165, 1.54) is 0 Å². The summed E-state index contributed by atoms with van der Waals surface area (Å²) in [6.45, 7) is 0.253. The first kappa shape index (κ1) is 18.7. The number of carbonyl (C=O) groups excluding carboxylic acids is 1. The molecule has 0 aliphatic heterocycles. The summed E-state index contributed by atoms with van der Waals surface area (Å²) >= 11 is 5.97. The molecule has 7 heteroatoms. The molecular formula is C20H18ClN3O3. The quantitative estimate of drug-likeness (QED) is 0.652. The molecular weight excluding hydrogens is 366 g/mol. The van der Waals surface area contributed by atoms with E-state index in [0.29, 0.717) is 5.02 Å². The van der Waals surface area contributed by atoms with Crippen molar-refractivity contribution < 1.29 is 14.7 Å². The van der Waals surface area contributed by atoms with Crippen LogP contribution in [0.15, 0.2) is 60.8 Å². The minimum absolute atomic E-state index is 0.0571. The monoisotopic (exact) mass is 383 g/mol. The number of aliphatic carboxylic acids is 1. The van der Waals surface area contributed by atoms with Crippen molar-refractivity contribution in [1.29, 1.82) is 0 Å². The molecule has 3 rings (SSSR count). The molecule has 0 aliphatic rings. The molecule has 0 unspecified atom stereocenters. The minimum atomic E-state index is -0.996. The zero-order chi connectivity index (χ0) is 19.2. The van der Waals surface area contributed by atoms with Crippen LogP contribution >= 0.6 is 11.6 Å². The van der Waals surface area contributed by atoms with Crippen molar-refractivity contribution in [3.63, 3.8) is 0 Å². The third-order valence-corrected chi connectivity index (χ3v) is 4.22. The van der Waals surface area contributed by atoms with Crippen LogP contribution < -0.4 is 5.32 Å². The number of aromatic nitrogens is 2. The predicted octanol–water partition coefficient (Wildman–Crippen LogP) is 3.67. The van der Waals surface area contributed by atoms with E-state index >= 15 is 0 Å². The molecule has 6 nitrogen and oxygen atoms in total. The van der Waals surface area contributed by atoms with Gasteiger partial charge in [0, 0.05) is 35.3 Å². The van der Waals surface area contributed by atoms with Crippen LogP contribution in [-0.2, 0) is 16.1 Å². The Morgan fingerprint density at radius 1 is 1.04 bits per heavy atom. The third-order valence-electron chi connectivity index (χ3n) is 3.97. The van der Waals surface area contributed by atoms with Crippen molar-refractivity contribution in [3.05, 3.63) is 71.4 Å². The first-order valence-corrected chi connectivity index (χ1v) is 8.79. The van der Waals surface area contributed by atoms with Crippen molar-refractivity contribution >= 4 is 23.5 Å². The van der Waals surface area contributed by atoms with Gasteiger partial charge in [-0.15, -0.1) is 0 Å². The summed E-state index contributed by atoms with van der Waals surface area (Å²) in [6.07, 6.45) is 1.61. The molecule has 0 saturated carbocycles. The summed E-state index contributed by atoms with van der Waals surface area (Å²) in [4.78, 5) is 22.5. The van der Waals surface area contributed by atoms with Gasteiger partial charge in [0.25, 0.3) is 0 Å². The van der Waals surface area contributed by atoms with Gasteiger partial charge in [0.05, 0.1) is 17.8 Å². The van der Waals surface area contributed by atoms with Crippen molar-refractivity contribution in [2.24, 2.45) is 0 Å². The zero-order valence-corrected chi connectivity index (χ0v) is 15.2. The molecule has 2 N–H and O–H groups in total. The van der Waals surface area contributed by atoms with Gasteiger partial charge in [-0.3, -0.25) is 9.59 Å². The molecule has 2 aromatic carbocycles. The fraction of sp³-hybridized carbons (Fsp3) is 0.150. The van der Waals surface area contributed by atoms with Crippen LogP contribution in [0, 0.1) is 0 Å². The van der Waals surface area contributed by atoms with Crippen LogP contribution in [0.2, 0.25) is 5.02 Å². The van der Waals surface area contributed by atoms with E-state index in [1.807, 2.05) is 48.7 Å². The summed E-state index contributed by atoms with van der Waals surface area (Å²) in [7, 11) is 0. The van der Waals surface area contributed by atoms with Crippen molar-refractivity contribution in [1.82, 2.24) is 15.1 Å². The highest BCUT2D eigenvalue weighted by Gasteiger charge is 2.14. The zero-order valence-electron chi connectivity index (χ0n) is 14.4. The largest absolute Gasteiger partial charge is 0.481 e. The van der Waals surface area contributed by atoms with Crippen LogP contribution in [-0.4, -0.2) is 26.8 Å². The molecule has 0 saturated heterocycles. The number of hydrogen-bond donors (Lipinski definition) is 2. The molecule has 1 amide bonds. The van der Waals surface area contributed by atoms with E-state index in [0.717, 1.165) is 22.5 Å². The van der Waals surface area contributed by atoms with Gasteiger partial charge in [0.2, 0.25) is 5.91 Å². The second kappa shape index (κ2) is 8.51. The van der Waals surface area contributed by atoms with Crippen molar-refractivity contribution in [2.45, 2.75) is 19.4 Å². The first-order valence-electron chi connectivity index (χ1n) is 8.41. The van der Waals surface area contributed by atoms with Gasteiger partial charge < -0.3 is 10.4 Å². The topological polar surface area (TPSA) is 84.2 Å². The number of rotatable bonds is 7.